The van der Waals surface area contributed by atoms with Crippen molar-refractivity contribution in [2.45, 2.75) is 0 Å². The van der Waals surface area contributed by atoms with Crippen molar-refractivity contribution in [3.05, 3.63) is 91.1 Å². The molecule has 26 heavy (non-hydrogen) atoms. The van der Waals surface area contributed by atoms with E-state index in [2.05, 4.69) is 40.6 Å². The van der Waals surface area contributed by atoms with Crippen LogP contribution in [0.25, 0.3) is 33.2 Å². The molecule has 0 bridgehead atoms. The second kappa shape index (κ2) is 6.05. The third kappa shape index (κ3) is 2.60. The van der Waals surface area contributed by atoms with E-state index < -0.39 is 0 Å². The van der Waals surface area contributed by atoms with Gasteiger partial charge in [0.2, 0.25) is 0 Å². The smallest absolute Gasteiger partial charge is 0.137 e. The molecule has 0 amide bonds. The number of para-hydroxylation sites is 1. The molecule has 0 saturated heterocycles. The molecule has 0 spiro atoms. The zero-order valence-corrected chi connectivity index (χ0v) is 14.0. The molecule has 0 saturated carbocycles. The molecule has 0 aliphatic heterocycles. The minimum atomic E-state index is 0.880. The van der Waals surface area contributed by atoms with E-state index in [1.807, 2.05) is 60.8 Å². The number of hydrogen-bond acceptors (Lipinski definition) is 3. The van der Waals surface area contributed by atoms with Crippen molar-refractivity contribution in [2.24, 2.45) is 0 Å². The van der Waals surface area contributed by atoms with Gasteiger partial charge in [0.05, 0.1) is 17.6 Å². The summed E-state index contributed by atoms with van der Waals surface area (Å²) >= 11 is 0. The zero-order chi connectivity index (χ0) is 17.3. The van der Waals surface area contributed by atoms with E-state index >= 15 is 0 Å². The molecule has 0 aliphatic rings. The van der Waals surface area contributed by atoms with Gasteiger partial charge in [0.15, 0.2) is 0 Å². The first-order valence-electron chi connectivity index (χ1n) is 8.57. The van der Waals surface area contributed by atoms with E-state index in [0.29, 0.717) is 0 Å². The van der Waals surface area contributed by atoms with Gasteiger partial charge in [-0.2, -0.15) is 0 Å². The Hall–Kier alpha value is -3.59. The van der Waals surface area contributed by atoms with Crippen molar-refractivity contribution >= 4 is 33.3 Å². The van der Waals surface area contributed by atoms with Crippen LogP contribution in [0.15, 0.2) is 95.5 Å². The summed E-state index contributed by atoms with van der Waals surface area (Å²) in [6, 6.07) is 28.5. The van der Waals surface area contributed by atoms with Crippen LogP contribution in [0.4, 0.5) is 11.4 Å². The van der Waals surface area contributed by atoms with Crippen LogP contribution in [0.5, 0.6) is 0 Å². The van der Waals surface area contributed by atoms with E-state index in [4.69, 9.17) is 4.42 Å². The number of pyridine rings is 1. The average Bonchev–Trinajstić information content (AvgIpc) is 3.07. The standard InChI is InChI=1S/C23H16N2O/c1-2-6-16(7-3-1)21-13-11-18(15-24-21)25-17-10-12-20-19-8-4-5-9-22(19)26-23(20)14-17/h1-15,25H. The fraction of sp³-hybridized carbons (Fsp3) is 0. The molecule has 0 radical (unpaired) electrons. The van der Waals surface area contributed by atoms with E-state index in [1.165, 1.54) is 0 Å². The highest BCUT2D eigenvalue weighted by molar-refractivity contribution is 6.05. The molecule has 3 nitrogen and oxygen atoms in total. The molecule has 124 valence electrons. The van der Waals surface area contributed by atoms with Gasteiger partial charge in [-0.05, 0) is 30.3 Å². The van der Waals surface area contributed by atoms with Gasteiger partial charge in [-0.1, -0.05) is 48.5 Å². The normalized spacial score (nSPS) is 11.1. The number of hydrogen-bond donors (Lipinski definition) is 1. The molecule has 0 unspecified atom stereocenters. The molecule has 2 aromatic heterocycles. The average molecular weight is 336 g/mol. The molecule has 5 aromatic rings. The molecular weight excluding hydrogens is 320 g/mol. The van der Waals surface area contributed by atoms with E-state index in [0.717, 1.165) is 44.6 Å². The lowest BCUT2D eigenvalue weighted by Crippen LogP contribution is -1.91. The summed E-state index contributed by atoms with van der Waals surface area (Å²) in [5, 5.41) is 5.67. The Morgan fingerprint density at radius 2 is 1.42 bits per heavy atom. The predicted molar refractivity (Wildman–Crippen MR) is 107 cm³/mol. The largest absolute Gasteiger partial charge is 0.456 e. The van der Waals surface area contributed by atoms with E-state index in [1.54, 1.807) is 0 Å². The molecule has 1 N–H and O–H groups in total. The first-order valence-corrected chi connectivity index (χ1v) is 8.57. The summed E-state index contributed by atoms with van der Waals surface area (Å²) in [5.41, 5.74) is 5.79. The first-order chi connectivity index (χ1) is 12.9. The molecule has 3 aromatic carbocycles. The van der Waals surface area contributed by atoms with Crippen LogP contribution in [-0.4, -0.2) is 4.98 Å². The van der Waals surface area contributed by atoms with Crippen LogP contribution < -0.4 is 5.32 Å². The highest BCUT2D eigenvalue weighted by Crippen LogP contribution is 2.31. The van der Waals surface area contributed by atoms with Crippen LogP contribution in [0.3, 0.4) is 0 Å². The quantitative estimate of drug-likeness (QED) is 0.415. The lowest BCUT2D eigenvalue weighted by atomic mass is 10.1. The van der Waals surface area contributed by atoms with Gasteiger partial charge in [-0.15, -0.1) is 0 Å². The lowest BCUT2D eigenvalue weighted by molar-refractivity contribution is 0.669. The predicted octanol–water partition coefficient (Wildman–Crippen LogP) is 6.39. The lowest BCUT2D eigenvalue weighted by Gasteiger charge is -2.07. The van der Waals surface area contributed by atoms with Crippen LogP contribution in [0.2, 0.25) is 0 Å². The van der Waals surface area contributed by atoms with Gasteiger partial charge in [-0.25, -0.2) is 0 Å². The summed E-state index contributed by atoms with van der Waals surface area (Å²) in [6.45, 7) is 0. The van der Waals surface area contributed by atoms with Crippen molar-refractivity contribution in [3.63, 3.8) is 0 Å². The third-order valence-corrected chi connectivity index (χ3v) is 4.50. The Balaban J connectivity index is 1.44. The fourth-order valence-corrected chi connectivity index (χ4v) is 3.22. The maximum absolute atomic E-state index is 5.95. The molecule has 0 atom stereocenters. The number of anilines is 2. The highest BCUT2D eigenvalue weighted by atomic mass is 16.3. The van der Waals surface area contributed by atoms with Crippen molar-refractivity contribution in [1.82, 2.24) is 4.98 Å². The molecule has 0 aliphatic carbocycles. The van der Waals surface area contributed by atoms with Crippen LogP contribution >= 0.6 is 0 Å². The summed E-state index contributed by atoms with van der Waals surface area (Å²) in [5.74, 6) is 0. The second-order valence-electron chi connectivity index (χ2n) is 6.23. The highest BCUT2D eigenvalue weighted by Gasteiger charge is 2.07. The Morgan fingerprint density at radius 1 is 0.654 bits per heavy atom. The maximum atomic E-state index is 5.95. The monoisotopic (exact) mass is 336 g/mol. The Bertz CT molecular complexity index is 1190. The van der Waals surface area contributed by atoms with Crippen LogP contribution in [0, 0.1) is 0 Å². The second-order valence-corrected chi connectivity index (χ2v) is 6.23. The summed E-state index contributed by atoms with van der Waals surface area (Å²) in [6.07, 6.45) is 1.85. The van der Waals surface area contributed by atoms with Crippen LogP contribution in [-0.2, 0) is 0 Å². The van der Waals surface area contributed by atoms with Crippen LogP contribution in [0.1, 0.15) is 0 Å². The van der Waals surface area contributed by atoms with Crippen molar-refractivity contribution in [2.75, 3.05) is 5.32 Å². The maximum Gasteiger partial charge on any atom is 0.137 e. The minimum absolute atomic E-state index is 0.880. The van der Waals surface area contributed by atoms with Gasteiger partial charge < -0.3 is 9.73 Å². The molecule has 0 fully saturated rings. The van der Waals surface area contributed by atoms with E-state index in [-0.39, 0.29) is 0 Å². The van der Waals surface area contributed by atoms with Gasteiger partial charge >= 0.3 is 0 Å². The molecule has 5 rings (SSSR count). The number of nitrogens with one attached hydrogen (secondary N) is 1. The van der Waals surface area contributed by atoms with Gasteiger partial charge in [0, 0.05) is 28.1 Å². The summed E-state index contributed by atoms with van der Waals surface area (Å²) < 4.78 is 5.95. The number of rotatable bonds is 3. The van der Waals surface area contributed by atoms with Crippen molar-refractivity contribution in [3.8, 4) is 11.3 Å². The summed E-state index contributed by atoms with van der Waals surface area (Å²) in [4.78, 5) is 4.56. The van der Waals surface area contributed by atoms with Gasteiger partial charge in [0.25, 0.3) is 0 Å². The molecular formula is C23H16N2O. The number of fused-ring (bicyclic) bond motifs is 3. The van der Waals surface area contributed by atoms with Crippen molar-refractivity contribution in [1.29, 1.82) is 0 Å². The van der Waals surface area contributed by atoms with Gasteiger partial charge in [0.1, 0.15) is 11.2 Å². The molecule has 2 heterocycles. The Labute approximate surface area is 150 Å². The third-order valence-electron chi connectivity index (χ3n) is 4.50. The SMILES string of the molecule is c1ccc(-c2ccc(Nc3ccc4c(c3)oc3ccccc34)cn2)cc1. The number of aromatic nitrogens is 1. The Morgan fingerprint density at radius 3 is 2.27 bits per heavy atom. The van der Waals surface area contributed by atoms with Crippen molar-refractivity contribution < 1.29 is 4.42 Å². The minimum Gasteiger partial charge on any atom is -0.456 e. The zero-order valence-electron chi connectivity index (χ0n) is 14.0. The van der Waals surface area contributed by atoms with Gasteiger partial charge in [-0.3, -0.25) is 4.98 Å². The number of furan rings is 1. The summed E-state index contributed by atoms with van der Waals surface area (Å²) in [7, 11) is 0. The number of nitrogens with zero attached hydrogens (tertiary/aromatic N) is 1. The van der Waals surface area contributed by atoms with E-state index in [9.17, 15) is 0 Å². The number of benzene rings is 3. The topological polar surface area (TPSA) is 38.1 Å². The first kappa shape index (κ1) is 14.7. The Kier molecular flexibility index (Phi) is 3.42. The molecule has 3 heteroatoms. The fourth-order valence-electron chi connectivity index (χ4n) is 3.22.